The van der Waals surface area contributed by atoms with Crippen molar-refractivity contribution in [1.29, 1.82) is 0 Å². The third-order valence-electron chi connectivity index (χ3n) is 7.12. The monoisotopic (exact) mass is 533 g/mol. The summed E-state index contributed by atoms with van der Waals surface area (Å²) in [5.41, 5.74) is 8.77. The summed E-state index contributed by atoms with van der Waals surface area (Å²) < 4.78 is 7.45. The summed E-state index contributed by atoms with van der Waals surface area (Å²) >= 11 is 0. The van der Waals surface area contributed by atoms with Gasteiger partial charge < -0.3 is 14.6 Å². The molecule has 202 valence electrons. The maximum absolute atomic E-state index is 13.1. The van der Waals surface area contributed by atoms with Crippen LogP contribution in [-0.4, -0.2) is 28.7 Å². The van der Waals surface area contributed by atoms with Crippen LogP contribution in [0.15, 0.2) is 91.1 Å². The van der Waals surface area contributed by atoms with Gasteiger partial charge in [0.15, 0.2) is 0 Å². The van der Waals surface area contributed by atoms with Gasteiger partial charge in [0, 0.05) is 41.0 Å². The van der Waals surface area contributed by atoms with Crippen LogP contribution >= 0.6 is 0 Å². The number of methoxy groups -OCH3 is 1. The molecular formula is C33H31N3O4. The first-order chi connectivity index (χ1) is 19.4. The van der Waals surface area contributed by atoms with Crippen LogP contribution in [-0.2, 0) is 16.1 Å². The van der Waals surface area contributed by atoms with Crippen LogP contribution in [0.1, 0.15) is 45.7 Å². The van der Waals surface area contributed by atoms with Crippen LogP contribution in [0.25, 0.3) is 22.0 Å². The number of amides is 1. The quantitative estimate of drug-likeness (QED) is 0.266. The number of rotatable bonds is 7. The number of nitrogens with one attached hydrogen (secondary N) is 1. The molecule has 7 heteroatoms. The summed E-state index contributed by atoms with van der Waals surface area (Å²) in [4.78, 5) is 33.6. The van der Waals surface area contributed by atoms with E-state index in [1.807, 2.05) is 31.2 Å². The fourth-order valence-electron chi connectivity index (χ4n) is 4.74. The highest BCUT2D eigenvalue weighted by molar-refractivity contribution is 5.99. The molecule has 1 N–H and O–H groups in total. The minimum absolute atomic E-state index is 0.105. The van der Waals surface area contributed by atoms with Gasteiger partial charge >= 0.3 is 6.15 Å². The van der Waals surface area contributed by atoms with Crippen LogP contribution in [0.3, 0.4) is 0 Å². The lowest BCUT2D eigenvalue weighted by Crippen LogP contribution is -2.26. The topological polar surface area (TPSA) is 90.3 Å². The summed E-state index contributed by atoms with van der Waals surface area (Å²) in [6.07, 6.45) is 1.98. The predicted octanol–water partition coefficient (Wildman–Crippen LogP) is 6.28. The van der Waals surface area contributed by atoms with Gasteiger partial charge in [0.2, 0.25) is 5.88 Å². The fraction of sp³-hybridized carbons (Fsp3) is 0.182. The molecule has 2 heterocycles. The first-order valence-electron chi connectivity index (χ1n) is 12.9. The van der Waals surface area contributed by atoms with E-state index in [9.17, 15) is 4.79 Å². The maximum Gasteiger partial charge on any atom is 0.373 e. The SMILES string of the molecule is COc1ccc([C@H](C)NC(=O)c2ccc3c(c2)c(C)c(C)n3Cc2ccc(-c3ccccc3)cc2)cn1.O=C=O. The third kappa shape index (κ3) is 6.17. The molecule has 1 atom stereocenters. The predicted molar refractivity (Wildman–Crippen MR) is 154 cm³/mol. The molecule has 40 heavy (non-hydrogen) atoms. The van der Waals surface area contributed by atoms with E-state index < -0.39 is 0 Å². The molecule has 0 aliphatic heterocycles. The van der Waals surface area contributed by atoms with Gasteiger partial charge in [0.05, 0.1) is 13.2 Å². The number of carbonyl (C=O) groups excluding carboxylic acids is 3. The average Bonchev–Trinajstić information content (AvgIpc) is 3.22. The highest BCUT2D eigenvalue weighted by atomic mass is 16.5. The Balaban J connectivity index is 0.00000118. The second-order valence-electron chi connectivity index (χ2n) is 9.50. The van der Waals surface area contributed by atoms with Crippen molar-refractivity contribution in [3.05, 3.63) is 119 Å². The first kappa shape index (κ1) is 28.0. The largest absolute Gasteiger partial charge is 0.481 e. The van der Waals surface area contributed by atoms with Crippen LogP contribution in [0.5, 0.6) is 5.88 Å². The molecule has 7 nitrogen and oxygen atoms in total. The van der Waals surface area contributed by atoms with Crippen molar-refractivity contribution >= 4 is 23.0 Å². The van der Waals surface area contributed by atoms with E-state index in [1.165, 1.54) is 27.9 Å². The molecule has 5 aromatic rings. The molecule has 2 aromatic heterocycles. The van der Waals surface area contributed by atoms with E-state index in [0.29, 0.717) is 11.4 Å². The fourth-order valence-corrected chi connectivity index (χ4v) is 4.74. The number of aromatic nitrogens is 2. The van der Waals surface area contributed by atoms with Crippen LogP contribution in [0.2, 0.25) is 0 Å². The van der Waals surface area contributed by atoms with Gasteiger partial charge in [-0.05, 0) is 66.8 Å². The number of hydrogen-bond donors (Lipinski definition) is 1. The number of nitrogens with zero attached hydrogens (tertiary/aromatic N) is 2. The summed E-state index contributed by atoms with van der Waals surface area (Å²) in [5.74, 6) is 0.446. The second-order valence-corrected chi connectivity index (χ2v) is 9.50. The summed E-state index contributed by atoms with van der Waals surface area (Å²) in [7, 11) is 1.59. The molecule has 5 rings (SSSR count). The van der Waals surface area contributed by atoms with Crippen LogP contribution in [0, 0.1) is 13.8 Å². The van der Waals surface area contributed by atoms with Gasteiger partial charge in [-0.15, -0.1) is 0 Å². The lowest BCUT2D eigenvalue weighted by Gasteiger charge is -2.15. The molecule has 3 aromatic carbocycles. The second kappa shape index (κ2) is 12.7. The van der Waals surface area contributed by atoms with Crippen LogP contribution < -0.4 is 10.1 Å². The Hall–Kier alpha value is -5.00. The number of pyridine rings is 1. The molecule has 0 radical (unpaired) electrons. The van der Waals surface area contributed by atoms with Crippen LogP contribution in [0.4, 0.5) is 0 Å². The smallest absolute Gasteiger partial charge is 0.373 e. The van der Waals surface area contributed by atoms with E-state index in [-0.39, 0.29) is 18.1 Å². The molecule has 0 aliphatic carbocycles. The Bertz CT molecular complexity index is 1630. The van der Waals surface area contributed by atoms with E-state index in [1.54, 1.807) is 19.4 Å². The van der Waals surface area contributed by atoms with E-state index in [0.717, 1.165) is 23.0 Å². The molecule has 0 unspecified atom stereocenters. The van der Waals surface area contributed by atoms with Gasteiger partial charge in [-0.3, -0.25) is 4.79 Å². The van der Waals surface area contributed by atoms with Crippen molar-refractivity contribution in [3.63, 3.8) is 0 Å². The van der Waals surface area contributed by atoms with Crippen molar-refractivity contribution in [3.8, 4) is 17.0 Å². The number of ether oxygens (including phenoxy) is 1. The average molecular weight is 534 g/mol. The molecule has 0 spiro atoms. The Morgan fingerprint density at radius 1 is 0.950 bits per heavy atom. The zero-order valence-electron chi connectivity index (χ0n) is 23.0. The first-order valence-corrected chi connectivity index (χ1v) is 12.9. The maximum atomic E-state index is 13.1. The van der Waals surface area contributed by atoms with E-state index >= 15 is 0 Å². The Morgan fingerprint density at radius 3 is 2.25 bits per heavy atom. The molecule has 1 amide bonds. The van der Waals surface area contributed by atoms with Gasteiger partial charge in [-0.2, -0.15) is 9.59 Å². The zero-order valence-corrected chi connectivity index (χ0v) is 23.0. The highest BCUT2D eigenvalue weighted by Gasteiger charge is 2.16. The normalized spacial score (nSPS) is 11.2. The van der Waals surface area contributed by atoms with Gasteiger partial charge in [0.25, 0.3) is 5.91 Å². The molecule has 0 saturated heterocycles. The Kier molecular flexibility index (Phi) is 8.89. The Morgan fingerprint density at radius 2 is 1.62 bits per heavy atom. The third-order valence-corrected chi connectivity index (χ3v) is 7.12. The van der Waals surface area contributed by atoms with Crippen molar-refractivity contribution in [2.24, 2.45) is 0 Å². The van der Waals surface area contributed by atoms with E-state index in [4.69, 9.17) is 14.3 Å². The number of fused-ring (bicyclic) bond motifs is 1. The van der Waals surface area contributed by atoms with Gasteiger partial charge in [-0.1, -0.05) is 60.7 Å². The summed E-state index contributed by atoms with van der Waals surface area (Å²) in [6.45, 7) is 7.00. The standard InChI is InChI=1S/C32H31N3O2.CO2/c1-21-23(3)35(20-24-10-12-26(13-11-24)25-8-6-5-7-9-25)30-16-14-27(18-29(21)30)32(36)34-22(2)28-15-17-31(37-4)33-19-28;2-1-3/h5-19,22H,20H2,1-4H3,(H,34,36);/t22-;/m0./s1. The van der Waals surface area contributed by atoms with Crippen molar-refractivity contribution in [2.45, 2.75) is 33.4 Å². The zero-order chi connectivity index (χ0) is 28.6. The van der Waals surface area contributed by atoms with Gasteiger partial charge in [-0.25, -0.2) is 4.98 Å². The number of benzene rings is 3. The highest BCUT2D eigenvalue weighted by Crippen LogP contribution is 2.28. The number of hydrogen-bond acceptors (Lipinski definition) is 5. The summed E-state index contributed by atoms with van der Waals surface area (Å²) in [5, 5.41) is 4.19. The van der Waals surface area contributed by atoms with Crippen molar-refractivity contribution < 1.29 is 19.1 Å². The number of carbonyl (C=O) groups is 1. The molecule has 0 bridgehead atoms. The number of aryl methyl sites for hydroxylation is 1. The van der Waals surface area contributed by atoms with Crippen molar-refractivity contribution in [2.75, 3.05) is 7.11 Å². The van der Waals surface area contributed by atoms with Crippen molar-refractivity contribution in [1.82, 2.24) is 14.9 Å². The summed E-state index contributed by atoms with van der Waals surface area (Å²) in [6, 6.07) is 28.7. The van der Waals surface area contributed by atoms with Gasteiger partial charge in [0.1, 0.15) is 0 Å². The molecule has 0 saturated carbocycles. The van der Waals surface area contributed by atoms with E-state index in [2.05, 4.69) is 83.3 Å². The lowest BCUT2D eigenvalue weighted by molar-refractivity contribution is -0.191. The molecule has 0 aliphatic rings. The lowest BCUT2D eigenvalue weighted by atomic mass is 10.0. The molecule has 0 fully saturated rings. The molecular weight excluding hydrogens is 502 g/mol. The minimum Gasteiger partial charge on any atom is -0.481 e. The Labute approximate surface area is 233 Å². The minimum atomic E-state index is -0.173.